The topological polar surface area (TPSA) is 114 Å². The summed E-state index contributed by atoms with van der Waals surface area (Å²) in [6, 6.07) is 5.23. The van der Waals surface area contributed by atoms with Crippen LogP contribution in [0.5, 0.6) is 0 Å². The van der Waals surface area contributed by atoms with Gasteiger partial charge in [0.25, 0.3) is 5.91 Å². The van der Waals surface area contributed by atoms with Gasteiger partial charge in [0.1, 0.15) is 18.5 Å². The van der Waals surface area contributed by atoms with E-state index in [1.54, 1.807) is 31.2 Å². The van der Waals surface area contributed by atoms with Crippen molar-refractivity contribution in [1.29, 1.82) is 0 Å². The van der Waals surface area contributed by atoms with Crippen LogP contribution in [0.2, 0.25) is 0 Å². The highest BCUT2D eigenvalue weighted by Crippen LogP contribution is 2.30. The van der Waals surface area contributed by atoms with E-state index >= 15 is 0 Å². The molecule has 1 atom stereocenters. The SMILES string of the molecule is COC(=O)C1=C(C(=O)OC)N(c2cccc(N3C(=O)NC(C)C3=O)c2)COC1. The summed E-state index contributed by atoms with van der Waals surface area (Å²) in [5.74, 6) is -1.85. The number of carbonyl (C=O) groups is 4. The number of urea groups is 1. The molecule has 0 spiro atoms. The highest BCUT2D eigenvalue weighted by Gasteiger charge is 2.37. The Balaban J connectivity index is 2.05. The Labute approximate surface area is 160 Å². The molecule has 3 amide bonds. The van der Waals surface area contributed by atoms with Gasteiger partial charge in [-0.15, -0.1) is 0 Å². The van der Waals surface area contributed by atoms with E-state index in [2.05, 4.69) is 5.32 Å². The zero-order valence-corrected chi connectivity index (χ0v) is 15.6. The second-order valence-corrected chi connectivity index (χ2v) is 6.08. The van der Waals surface area contributed by atoms with Gasteiger partial charge in [0.15, 0.2) is 0 Å². The molecular weight excluding hydrogens is 370 g/mol. The van der Waals surface area contributed by atoms with Crippen molar-refractivity contribution < 1.29 is 33.4 Å². The lowest BCUT2D eigenvalue weighted by Crippen LogP contribution is -2.39. The summed E-state index contributed by atoms with van der Waals surface area (Å²) in [6.07, 6.45) is 0. The number of anilines is 2. The quantitative estimate of drug-likeness (QED) is 0.586. The number of benzene rings is 1. The lowest BCUT2D eigenvalue weighted by Gasteiger charge is -2.31. The minimum atomic E-state index is -0.738. The molecule has 10 heteroatoms. The maximum atomic E-state index is 12.4. The number of nitrogens with zero attached hydrogens (tertiary/aromatic N) is 2. The lowest BCUT2D eigenvalue weighted by molar-refractivity contribution is -0.140. The van der Waals surface area contributed by atoms with Gasteiger partial charge in [0, 0.05) is 5.69 Å². The summed E-state index contributed by atoms with van der Waals surface area (Å²) in [4.78, 5) is 51.2. The second kappa shape index (κ2) is 7.69. The molecular formula is C18H19N3O7. The van der Waals surface area contributed by atoms with Crippen molar-refractivity contribution in [2.45, 2.75) is 13.0 Å². The number of rotatable bonds is 4. The van der Waals surface area contributed by atoms with E-state index in [1.807, 2.05) is 0 Å². The monoisotopic (exact) mass is 389 g/mol. The van der Waals surface area contributed by atoms with Gasteiger partial charge in [-0.25, -0.2) is 19.3 Å². The molecule has 28 heavy (non-hydrogen) atoms. The molecule has 2 aliphatic rings. The molecule has 0 saturated carbocycles. The second-order valence-electron chi connectivity index (χ2n) is 6.08. The molecule has 10 nitrogen and oxygen atoms in total. The maximum absolute atomic E-state index is 12.4. The molecule has 2 heterocycles. The normalized spacial score (nSPS) is 19.6. The zero-order chi connectivity index (χ0) is 20.4. The molecule has 0 aromatic heterocycles. The summed E-state index contributed by atoms with van der Waals surface area (Å²) in [5.41, 5.74) is 0.732. The van der Waals surface area contributed by atoms with Crippen LogP contribution in [0.15, 0.2) is 35.5 Å². The standard InChI is InChI=1S/C18H19N3O7/c1-10-15(22)21(18(25)19-10)12-6-4-5-11(7-12)20-9-28-8-13(16(23)26-2)14(20)17(24)27-3/h4-7,10H,8-9H2,1-3H3,(H,19,25). The Morgan fingerprint density at radius 1 is 1.14 bits per heavy atom. The molecule has 1 unspecified atom stereocenters. The average Bonchev–Trinajstić information content (AvgIpc) is 2.97. The highest BCUT2D eigenvalue weighted by atomic mass is 16.5. The van der Waals surface area contributed by atoms with E-state index in [1.165, 1.54) is 19.1 Å². The Morgan fingerprint density at radius 2 is 1.82 bits per heavy atom. The minimum absolute atomic E-state index is 0.00890. The number of amides is 3. The van der Waals surface area contributed by atoms with Gasteiger partial charge in [-0.05, 0) is 25.1 Å². The van der Waals surface area contributed by atoms with Crippen LogP contribution in [0.3, 0.4) is 0 Å². The molecule has 148 valence electrons. The van der Waals surface area contributed by atoms with Crippen LogP contribution in [0.1, 0.15) is 6.92 Å². The Hall–Kier alpha value is -3.40. The summed E-state index contributed by atoms with van der Waals surface area (Å²) in [7, 11) is 2.39. The van der Waals surface area contributed by atoms with Gasteiger partial charge >= 0.3 is 18.0 Å². The van der Waals surface area contributed by atoms with Gasteiger partial charge < -0.3 is 24.4 Å². The molecule has 1 saturated heterocycles. The Morgan fingerprint density at radius 3 is 2.43 bits per heavy atom. The largest absolute Gasteiger partial charge is 0.466 e. The number of carbonyl (C=O) groups excluding carboxylic acids is 4. The third-order valence-electron chi connectivity index (χ3n) is 4.37. The van der Waals surface area contributed by atoms with Gasteiger partial charge in [-0.3, -0.25) is 4.79 Å². The van der Waals surface area contributed by atoms with Crippen LogP contribution < -0.4 is 15.1 Å². The molecule has 1 aromatic rings. The number of ether oxygens (including phenoxy) is 3. The molecule has 1 N–H and O–H groups in total. The smallest absolute Gasteiger partial charge is 0.355 e. The third-order valence-corrected chi connectivity index (χ3v) is 4.37. The lowest BCUT2D eigenvalue weighted by atomic mass is 10.1. The summed E-state index contributed by atoms with van der Waals surface area (Å²) < 4.78 is 15.0. The van der Waals surface area contributed by atoms with Crippen LogP contribution in [0.4, 0.5) is 16.2 Å². The van der Waals surface area contributed by atoms with E-state index in [4.69, 9.17) is 14.2 Å². The van der Waals surface area contributed by atoms with Crippen LogP contribution in [-0.4, -0.2) is 57.5 Å². The highest BCUT2D eigenvalue weighted by molar-refractivity contribution is 6.21. The number of hydrogen-bond acceptors (Lipinski definition) is 8. The van der Waals surface area contributed by atoms with E-state index in [9.17, 15) is 19.2 Å². The van der Waals surface area contributed by atoms with Crippen molar-refractivity contribution >= 4 is 35.3 Å². The number of methoxy groups -OCH3 is 2. The first-order valence-electron chi connectivity index (χ1n) is 8.38. The summed E-state index contributed by atoms with van der Waals surface area (Å²) >= 11 is 0. The van der Waals surface area contributed by atoms with Crippen molar-refractivity contribution in [2.75, 3.05) is 37.4 Å². The number of esters is 2. The minimum Gasteiger partial charge on any atom is -0.466 e. The number of nitrogens with one attached hydrogen (secondary N) is 1. The predicted molar refractivity (Wildman–Crippen MR) is 96.3 cm³/mol. The molecule has 1 fully saturated rings. The van der Waals surface area contributed by atoms with Crippen molar-refractivity contribution in [3.63, 3.8) is 0 Å². The van der Waals surface area contributed by atoms with Gasteiger partial charge in [-0.2, -0.15) is 0 Å². The van der Waals surface area contributed by atoms with Crippen LogP contribution in [0.25, 0.3) is 0 Å². The average molecular weight is 389 g/mol. The predicted octanol–water partition coefficient (Wildman–Crippen LogP) is 0.525. The fourth-order valence-electron chi connectivity index (χ4n) is 3.00. The van der Waals surface area contributed by atoms with E-state index in [0.29, 0.717) is 11.4 Å². The zero-order valence-electron chi connectivity index (χ0n) is 15.6. The first-order valence-corrected chi connectivity index (χ1v) is 8.38. The van der Waals surface area contributed by atoms with Crippen LogP contribution in [0, 0.1) is 0 Å². The molecule has 3 rings (SSSR count). The van der Waals surface area contributed by atoms with E-state index in [0.717, 1.165) is 4.90 Å². The Kier molecular flexibility index (Phi) is 5.32. The van der Waals surface area contributed by atoms with E-state index in [-0.39, 0.29) is 24.6 Å². The molecule has 0 aliphatic carbocycles. The van der Waals surface area contributed by atoms with Crippen LogP contribution >= 0.6 is 0 Å². The van der Waals surface area contributed by atoms with Gasteiger partial charge in [-0.1, -0.05) is 6.07 Å². The van der Waals surface area contributed by atoms with Crippen molar-refractivity contribution in [3.05, 3.63) is 35.5 Å². The third kappa shape index (κ3) is 3.29. The van der Waals surface area contributed by atoms with Crippen molar-refractivity contribution in [1.82, 2.24) is 5.32 Å². The first-order chi connectivity index (χ1) is 13.4. The maximum Gasteiger partial charge on any atom is 0.355 e. The fourth-order valence-corrected chi connectivity index (χ4v) is 3.00. The van der Waals surface area contributed by atoms with Crippen molar-refractivity contribution in [3.8, 4) is 0 Å². The fraction of sp³-hybridized carbons (Fsp3) is 0.333. The first kappa shape index (κ1) is 19.4. The van der Waals surface area contributed by atoms with Crippen molar-refractivity contribution in [2.24, 2.45) is 0 Å². The van der Waals surface area contributed by atoms with Crippen LogP contribution in [-0.2, 0) is 28.6 Å². The number of hydrogen-bond donors (Lipinski definition) is 1. The Bertz CT molecular complexity index is 880. The molecule has 0 radical (unpaired) electrons. The molecule has 0 bridgehead atoms. The molecule has 2 aliphatic heterocycles. The summed E-state index contributed by atoms with van der Waals surface area (Å²) in [6.45, 7) is 1.44. The van der Waals surface area contributed by atoms with Gasteiger partial charge in [0.05, 0.1) is 32.1 Å². The molecule has 1 aromatic carbocycles. The van der Waals surface area contributed by atoms with E-state index < -0.39 is 29.9 Å². The number of imide groups is 1. The van der Waals surface area contributed by atoms with Gasteiger partial charge in [0.2, 0.25) is 0 Å². The summed E-state index contributed by atoms with van der Waals surface area (Å²) in [5, 5.41) is 2.53.